The van der Waals surface area contributed by atoms with Crippen molar-refractivity contribution in [2.24, 2.45) is 0 Å². The largest absolute Gasteiger partial charge is 0.491 e. The van der Waals surface area contributed by atoms with Crippen LogP contribution in [0.5, 0.6) is 5.75 Å². The van der Waals surface area contributed by atoms with Gasteiger partial charge in [0.1, 0.15) is 12.4 Å². The third kappa shape index (κ3) is 7.07. The molecule has 0 radical (unpaired) electrons. The second kappa shape index (κ2) is 10.5. The average molecular weight is 382 g/mol. The molecule has 2 aromatic carbocycles. The number of thioether (sulfide) groups is 1. The van der Waals surface area contributed by atoms with Gasteiger partial charge in [-0.05, 0) is 48.6 Å². The van der Waals surface area contributed by atoms with Crippen LogP contribution in [0.25, 0.3) is 0 Å². The summed E-state index contributed by atoms with van der Waals surface area (Å²) in [5, 5.41) is 0. The molecule has 2 rings (SSSR count). The van der Waals surface area contributed by atoms with Crippen molar-refractivity contribution in [3.8, 4) is 5.75 Å². The Hall–Kier alpha value is -1.54. The minimum atomic E-state index is -3.49. The third-order valence-corrected chi connectivity index (χ3v) is 5.89. The summed E-state index contributed by atoms with van der Waals surface area (Å²) in [7, 11) is -1.89. The van der Waals surface area contributed by atoms with Gasteiger partial charge in [-0.3, -0.25) is 0 Å². The van der Waals surface area contributed by atoms with Crippen LogP contribution in [-0.4, -0.2) is 41.0 Å². The van der Waals surface area contributed by atoms with Crippen LogP contribution < -0.4 is 9.46 Å². The van der Waals surface area contributed by atoms with Gasteiger partial charge in [0.15, 0.2) is 0 Å². The van der Waals surface area contributed by atoms with E-state index >= 15 is 0 Å². The zero-order valence-electron chi connectivity index (χ0n) is 14.2. The van der Waals surface area contributed by atoms with Gasteiger partial charge in [-0.15, -0.1) is 11.8 Å². The van der Waals surface area contributed by atoms with Crippen LogP contribution in [0.2, 0.25) is 0 Å². The Balaban J connectivity index is 1.74. The normalized spacial score (nSPS) is 11.4. The molecule has 0 fully saturated rings. The summed E-state index contributed by atoms with van der Waals surface area (Å²) in [4.78, 5) is 1.43. The maximum absolute atomic E-state index is 12.3. The first kappa shape index (κ1) is 19.8. The zero-order valence-corrected chi connectivity index (χ0v) is 15.8. The summed E-state index contributed by atoms with van der Waals surface area (Å²) in [6, 6.07) is 16.4. The van der Waals surface area contributed by atoms with E-state index in [-0.39, 0.29) is 4.90 Å². The fraction of sp³-hybridized carbons (Fsp3) is 0.333. The van der Waals surface area contributed by atoms with Crippen LogP contribution in [0, 0.1) is 0 Å². The quantitative estimate of drug-likeness (QED) is 0.478. The van der Waals surface area contributed by atoms with Crippen molar-refractivity contribution in [3.63, 3.8) is 0 Å². The Kier molecular flexibility index (Phi) is 8.27. The van der Waals surface area contributed by atoms with E-state index < -0.39 is 10.0 Å². The van der Waals surface area contributed by atoms with Gasteiger partial charge in [0.25, 0.3) is 0 Å². The van der Waals surface area contributed by atoms with Gasteiger partial charge in [0, 0.05) is 18.6 Å². The number of rotatable bonds is 11. The van der Waals surface area contributed by atoms with Crippen LogP contribution in [0.4, 0.5) is 0 Å². The predicted octanol–water partition coefficient (Wildman–Crippen LogP) is 3.17. The second-order valence-electron chi connectivity index (χ2n) is 5.23. The minimum absolute atomic E-state index is 0.238. The molecule has 0 bridgehead atoms. The van der Waals surface area contributed by atoms with Crippen molar-refractivity contribution >= 4 is 21.8 Å². The standard InChI is InChI=1S/C18H23NO4S2/c1-22-13-14-23-16-8-10-18(11-9-16)25(20,21)19-12-5-15-24-17-6-3-2-4-7-17/h2-4,6-11,19H,5,12-15H2,1H3. The van der Waals surface area contributed by atoms with E-state index in [2.05, 4.69) is 4.72 Å². The molecular weight excluding hydrogens is 358 g/mol. The zero-order chi connectivity index (χ0) is 18.0. The van der Waals surface area contributed by atoms with E-state index in [0.29, 0.717) is 25.5 Å². The molecule has 5 nitrogen and oxygen atoms in total. The highest BCUT2D eigenvalue weighted by atomic mass is 32.2. The lowest BCUT2D eigenvalue weighted by atomic mass is 10.3. The van der Waals surface area contributed by atoms with Crippen LogP contribution in [0.15, 0.2) is 64.4 Å². The summed E-state index contributed by atoms with van der Waals surface area (Å²) >= 11 is 1.72. The highest BCUT2D eigenvalue weighted by Crippen LogP contribution is 2.18. The number of sulfonamides is 1. The fourth-order valence-corrected chi connectivity index (χ4v) is 3.97. The topological polar surface area (TPSA) is 64.6 Å². The van der Waals surface area contributed by atoms with Gasteiger partial charge >= 0.3 is 0 Å². The molecule has 7 heteroatoms. The summed E-state index contributed by atoms with van der Waals surface area (Å²) in [6.07, 6.45) is 0.761. The lowest BCUT2D eigenvalue weighted by Gasteiger charge is -2.09. The first-order valence-corrected chi connectivity index (χ1v) is 10.5. The summed E-state index contributed by atoms with van der Waals surface area (Å²) in [5.74, 6) is 1.48. The first-order valence-electron chi connectivity index (χ1n) is 8.01. The highest BCUT2D eigenvalue weighted by Gasteiger charge is 2.13. The molecule has 0 aliphatic rings. The van der Waals surface area contributed by atoms with E-state index in [4.69, 9.17) is 9.47 Å². The van der Waals surface area contributed by atoms with E-state index in [1.807, 2.05) is 30.3 Å². The van der Waals surface area contributed by atoms with Gasteiger partial charge in [-0.2, -0.15) is 0 Å². The third-order valence-electron chi connectivity index (χ3n) is 3.32. The van der Waals surface area contributed by atoms with E-state index in [0.717, 1.165) is 12.2 Å². The minimum Gasteiger partial charge on any atom is -0.491 e. The Morgan fingerprint density at radius 2 is 1.72 bits per heavy atom. The molecule has 0 amide bonds. The Morgan fingerprint density at radius 3 is 2.40 bits per heavy atom. The van der Waals surface area contributed by atoms with Gasteiger partial charge in [0.05, 0.1) is 11.5 Å². The highest BCUT2D eigenvalue weighted by molar-refractivity contribution is 7.99. The molecule has 0 heterocycles. The van der Waals surface area contributed by atoms with E-state index in [1.165, 1.54) is 4.90 Å². The molecule has 1 N–H and O–H groups in total. The van der Waals surface area contributed by atoms with Crippen molar-refractivity contribution in [2.45, 2.75) is 16.2 Å². The van der Waals surface area contributed by atoms with Gasteiger partial charge in [-0.1, -0.05) is 18.2 Å². The van der Waals surface area contributed by atoms with Crippen LogP contribution in [0.3, 0.4) is 0 Å². The van der Waals surface area contributed by atoms with Crippen molar-refractivity contribution < 1.29 is 17.9 Å². The Morgan fingerprint density at radius 1 is 1.00 bits per heavy atom. The van der Waals surface area contributed by atoms with Crippen molar-refractivity contribution in [1.29, 1.82) is 0 Å². The number of nitrogens with one attached hydrogen (secondary N) is 1. The van der Waals surface area contributed by atoms with Crippen LogP contribution >= 0.6 is 11.8 Å². The van der Waals surface area contributed by atoms with E-state index in [1.54, 1.807) is 43.1 Å². The van der Waals surface area contributed by atoms with Crippen molar-refractivity contribution in [2.75, 3.05) is 32.6 Å². The molecule has 136 valence electrons. The average Bonchev–Trinajstić information content (AvgIpc) is 2.63. The number of hydrogen-bond donors (Lipinski definition) is 1. The Labute approximate surface area is 153 Å². The maximum Gasteiger partial charge on any atom is 0.240 e. The van der Waals surface area contributed by atoms with Crippen LogP contribution in [0.1, 0.15) is 6.42 Å². The molecule has 0 aliphatic heterocycles. The maximum atomic E-state index is 12.3. The lowest BCUT2D eigenvalue weighted by Crippen LogP contribution is -2.25. The summed E-state index contributed by atoms with van der Waals surface area (Å²) in [5.41, 5.74) is 0. The van der Waals surface area contributed by atoms with Crippen LogP contribution in [-0.2, 0) is 14.8 Å². The Bertz CT molecular complexity index is 719. The molecule has 0 aromatic heterocycles. The monoisotopic (exact) mass is 381 g/mol. The first-order chi connectivity index (χ1) is 12.1. The van der Waals surface area contributed by atoms with Crippen molar-refractivity contribution in [3.05, 3.63) is 54.6 Å². The molecule has 0 unspecified atom stereocenters. The number of ether oxygens (including phenoxy) is 2. The molecule has 25 heavy (non-hydrogen) atoms. The molecular formula is C18H23NO4S2. The smallest absolute Gasteiger partial charge is 0.240 e. The number of hydrogen-bond acceptors (Lipinski definition) is 5. The number of methoxy groups -OCH3 is 1. The van der Waals surface area contributed by atoms with Gasteiger partial charge < -0.3 is 9.47 Å². The molecule has 0 saturated carbocycles. The van der Waals surface area contributed by atoms with E-state index in [9.17, 15) is 8.42 Å². The molecule has 0 aliphatic carbocycles. The molecule has 0 spiro atoms. The summed E-state index contributed by atoms with van der Waals surface area (Å²) < 4.78 is 37.5. The molecule has 0 saturated heterocycles. The van der Waals surface area contributed by atoms with Gasteiger partial charge in [-0.25, -0.2) is 13.1 Å². The fourth-order valence-electron chi connectivity index (χ4n) is 2.03. The number of benzene rings is 2. The second-order valence-corrected chi connectivity index (χ2v) is 8.16. The summed E-state index contributed by atoms with van der Waals surface area (Å²) in [6.45, 7) is 1.33. The van der Waals surface area contributed by atoms with Crippen molar-refractivity contribution in [1.82, 2.24) is 4.72 Å². The lowest BCUT2D eigenvalue weighted by molar-refractivity contribution is 0.146. The molecule has 2 aromatic rings. The SMILES string of the molecule is COCCOc1ccc(S(=O)(=O)NCCCSc2ccccc2)cc1. The molecule has 0 atom stereocenters. The van der Waals surface area contributed by atoms with Gasteiger partial charge in [0.2, 0.25) is 10.0 Å². The predicted molar refractivity (Wildman–Crippen MR) is 101 cm³/mol.